The van der Waals surface area contributed by atoms with Gasteiger partial charge in [0.15, 0.2) is 5.16 Å². The lowest BCUT2D eigenvalue weighted by molar-refractivity contribution is -0.115. The average molecular weight is 347 g/mol. The number of aromatic amines is 1. The van der Waals surface area contributed by atoms with Crippen molar-refractivity contribution in [2.24, 2.45) is 0 Å². The molecule has 1 aromatic heterocycles. The number of hydrogen-bond donors (Lipinski definition) is 2. The fourth-order valence-corrected chi connectivity index (χ4v) is 3.61. The van der Waals surface area contributed by atoms with Gasteiger partial charge in [0.1, 0.15) is 0 Å². The zero-order valence-corrected chi connectivity index (χ0v) is 14.3. The molecule has 4 nitrogen and oxygen atoms in total. The summed E-state index contributed by atoms with van der Waals surface area (Å²) < 4.78 is 0. The van der Waals surface area contributed by atoms with Gasteiger partial charge in [0.25, 0.3) is 0 Å². The summed E-state index contributed by atoms with van der Waals surface area (Å²) >= 11 is 1.56. The van der Waals surface area contributed by atoms with Crippen LogP contribution in [-0.4, -0.2) is 21.6 Å². The molecule has 0 aliphatic rings. The maximum atomic E-state index is 12.3. The Kier molecular flexibility index (Phi) is 4.39. The number of aromatic nitrogens is 2. The van der Waals surface area contributed by atoms with Crippen LogP contribution in [0.1, 0.15) is 6.42 Å². The Labute approximate surface area is 149 Å². The third kappa shape index (κ3) is 3.51. The van der Waals surface area contributed by atoms with Gasteiger partial charge in [0, 0.05) is 23.2 Å². The normalized spacial score (nSPS) is 11.0. The molecule has 0 saturated heterocycles. The van der Waals surface area contributed by atoms with Crippen LogP contribution in [0.25, 0.3) is 21.8 Å². The predicted molar refractivity (Wildman–Crippen MR) is 104 cm³/mol. The van der Waals surface area contributed by atoms with Crippen molar-refractivity contribution < 1.29 is 4.79 Å². The number of amides is 1. The first-order chi connectivity index (χ1) is 12.3. The van der Waals surface area contributed by atoms with E-state index in [1.807, 2.05) is 66.7 Å². The van der Waals surface area contributed by atoms with Crippen molar-refractivity contribution in [2.75, 3.05) is 11.1 Å². The van der Waals surface area contributed by atoms with E-state index in [-0.39, 0.29) is 5.91 Å². The molecule has 124 valence electrons. The Morgan fingerprint density at radius 2 is 1.80 bits per heavy atom. The predicted octanol–water partition coefficient (Wildman–Crippen LogP) is 4.84. The van der Waals surface area contributed by atoms with Gasteiger partial charge in [0.05, 0.1) is 11.0 Å². The number of H-pyrrole nitrogens is 1. The molecule has 2 N–H and O–H groups in total. The van der Waals surface area contributed by atoms with Gasteiger partial charge < -0.3 is 10.3 Å². The van der Waals surface area contributed by atoms with Crippen molar-refractivity contribution in [1.82, 2.24) is 9.97 Å². The number of fused-ring (bicyclic) bond motifs is 2. The molecule has 0 unspecified atom stereocenters. The van der Waals surface area contributed by atoms with Gasteiger partial charge in [-0.3, -0.25) is 4.79 Å². The van der Waals surface area contributed by atoms with Crippen LogP contribution in [0.3, 0.4) is 0 Å². The molecule has 4 aromatic rings. The van der Waals surface area contributed by atoms with Crippen molar-refractivity contribution in [3.63, 3.8) is 0 Å². The average Bonchev–Trinajstić information content (AvgIpc) is 3.05. The largest absolute Gasteiger partial charge is 0.333 e. The topological polar surface area (TPSA) is 57.8 Å². The van der Waals surface area contributed by atoms with Crippen LogP contribution in [0.5, 0.6) is 0 Å². The summed E-state index contributed by atoms with van der Waals surface area (Å²) in [5, 5.41) is 6.04. The van der Waals surface area contributed by atoms with E-state index >= 15 is 0 Å². The van der Waals surface area contributed by atoms with Crippen LogP contribution < -0.4 is 5.32 Å². The van der Waals surface area contributed by atoms with Crippen LogP contribution >= 0.6 is 11.8 Å². The highest BCUT2D eigenvalue weighted by atomic mass is 32.2. The van der Waals surface area contributed by atoms with E-state index in [4.69, 9.17) is 0 Å². The van der Waals surface area contributed by atoms with E-state index < -0.39 is 0 Å². The van der Waals surface area contributed by atoms with Crippen molar-refractivity contribution in [2.45, 2.75) is 11.6 Å². The number of hydrogen-bond acceptors (Lipinski definition) is 3. The summed E-state index contributed by atoms with van der Waals surface area (Å²) in [7, 11) is 0. The first-order valence-electron chi connectivity index (χ1n) is 8.15. The smallest absolute Gasteiger partial charge is 0.225 e. The molecule has 0 aliphatic carbocycles. The van der Waals surface area contributed by atoms with E-state index in [1.54, 1.807) is 11.8 Å². The highest BCUT2D eigenvalue weighted by Gasteiger charge is 2.07. The Hall–Kier alpha value is -2.79. The van der Waals surface area contributed by atoms with Gasteiger partial charge in [-0.1, -0.05) is 60.3 Å². The van der Waals surface area contributed by atoms with Crippen LogP contribution in [0.2, 0.25) is 0 Å². The second-order valence-electron chi connectivity index (χ2n) is 5.73. The molecule has 0 spiro atoms. The SMILES string of the molecule is O=C(CCSc1nc2ccccc2[nH]1)Nc1cccc2ccccc12. The van der Waals surface area contributed by atoms with Crippen LogP contribution in [0, 0.1) is 0 Å². The van der Waals surface area contributed by atoms with Gasteiger partial charge in [-0.25, -0.2) is 4.98 Å². The number of anilines is 1. The number of benzene rings is 3. The minimum Gasteiger partial charge on any atom is -0.333 e. The van der Waals surface area contributed by atoms with E-state index in [1.165, 1.54) is 0 Å². The molecule has 0 atom stereocenters. The lowest BCUT2D eigenvalue weighted by Gasteiger charge is -2.08. The van der Waals surface area contributed by atoms with Crippen molar-refractivity contribution in [3.8, 4) is 0 Å². The quantitative estimate of drug-likeness (QED) is 0.508. The Bertz CT molecular complexity index is 1000. The molecule has 0 radical (unpaired) electrons. The number of nitrogens with one attached hydrogen (secondary N) is 2. The van der Waals surface area contributed by atoms with Crippen LogP contribution in [0.4, 0.5) is 5.69 Å². The number of thioether (sulfide) groups is 1. The summed E-state index contributed by atoms with van der Waals surface area (Å²) in [4.78, 5) is 20.0. The maximum absolute atomic E-state index is 12.3. The van der Waals surface area contributed by atoms with Crippen LogP contribution in [0.15, 0.2) is 71.9 Å². The molecule has 0 saturated carbocycles. The molecule has 3 aromatic carbocycles. The minimum absolute atomic E-state index is 0.0139. The zero-order valence-electron chi connectivity index (χ0n) is 13.5. The van der Waals surface area contributed by atoms with Crippen molar-refractivity contribution in [3.05, 3.63) is 66.7 Å². The minimum atomic E-state index is 0.0139. The number of carbonyl (C=O) groups excluding carboxylic acids is 1. The van der Waals surface area contributed by atoms with Gasteiger partial charge in [-0.15, -0.1) is 0 Å². The summed E-state index contributed by atoms with van der Waals surface area (Å²) in [6.07, 6.45) is 0.435. The van der Waals surface area contributed by atoms with Crippen molar-refractivity contribution in [1.29, 1.82) is 0 Å². The van der Waals surface area contributed by atoms with Gasteiger partial charge >= 0.3 is 0 Å². The van der Waals surface area contributed by atoms with E-state index in [2.05, 4.69) is 15.3 Å². The van der Waals surface area contributed by atoms with Crippen LogP contribution in [-0.2, 0) is 4.79 Å². The van der Waals surface area contributed by atoms with Gasteiger partial charge in [0.2, 0.25) is 5.91 Å². The molecule has 0 fully saturated rings. The molecule has 1 amide bonds. The number of nitrogens with zero attached hydrogens (tertiary/aromatic N) is 1. The molecule has 0 aliphatic heterocycles. The second kappa shape index (κ2) is 6.99. The van der Waals surface area contributed by atoms with Gasteiger partial charge in [-0.05, 0) is 23.6 Å². The standard InChI is InChI=1S/C20H17N3OS/c24-19(21-16-11-5-7-14-6-1-2-8-15(14)16)12-13-25-20-22-17-9-3-4-10-18(17)23-20/h1-11H,12-13H2,(H,21,24)(H,22,23). The summed E-state index contributed by atoms with van der Waals surface area (Å²) in [5.74, 6) is 0.691. The Morgan fingerprint density at radius 1 is 1.00 bits per heavy atom. The maximum Gasteiger partial charge on any atom is 0.225 e. The molecule has 0 bridgehead atoms. The fourth-order valence-electron chi connectivity index (χ4n) is 2.79. The molecule has 4 rings (SSSR count). The summed E-state index contributed by atoms with van der Waals surface area (Å²) in [6, 6.07) is 21.9. The fraction of sp³-hybridized carbons (Fsp3) is 0.100. The zero-order chi connectivity index (χ0) is 17.1. The first-order valence-corrected chi connectivity index (χ1v) is 9.13. The number of para-hydroxylation sites is 2. The lowest BCUT2D eigenvalue weighted by atomic mass is 10.1. The highest BCUT2D eigenvalue weighted by molar-refractivity contribution is 7.99. The Morgan fingerprint density at radius 3 is 2.72 bits per heavy atom. The number of imidazole rings is 1. The highest BCUT2D eigenvalue weighted by Crippen LogP contribution is 2.24. The third-order valence-corrected chi connectivity index (χ3v) is 4.87. The summed E-state index contributed by atoms with van der Waals surface area (Å²) in [6.45, 7) is 0. The first kappa shape index (κ1) is 15.7. The second-order valence-corrected chi connectivity index (χ2v) is 6.82. The molecule has 25 heavy (non-hydrogen) atoms. The Balaban J connectivity index is 1.37. The molecule has 5 heteroatoms. The van der Waals surface area contributed by atoms with Gasteiger partial charge in [-0.2, -0.15) is 0 Å². The third-order valence-electron chi connectivity index (χ3n) is 4.00. The monoisotopic (exact) mass is 347 g/mol. The summed E-state index contributed by atoms with van der Waals surface area (Å²) in [5.41, 5.74) is 2.83. The molecular formula is C20H17N3OS. The molecule has 1 heterocycles. The molecular weight excluding hydrogens is 330 g/mol. The van der Waals surface area contributed by atoms with E-state index in [9.17, 15) is 4.79 Å². The number of carbonyl (C=O) groups is 1. The van der Waals surface area contributed by atoms with Crippen molar-refractivity contribution >= 4 is 45.2 Å². The number of rotatable bonds is 5. The van der Waals surface area contributed by atoms with E-state index in [0.717, 1.165) is 32.6 Å². The lowest BCUT2D eigenvalue weighted by Crippen LogP contribution is -2.12. The van der Waals surface area contributed by atoms with E-state index in [0.29, 0.717) is 12.2 Å².